The highest BCUT2D eigenvalue weighted by molar-refractivity contribution is 6.30. The molecule has 38 heavy (non-hydrogen) atoms. The van der Waals surface area contributed by atoms with E-state index in [0.29, 0.717) is 39.4 Å². The molecule has 3 aromatic carbocycles. The van der Waals surface area contributed by atoms with Gasteiger partial charge >= 0.3 is 0 Å². The van der Waals surface area contributed by atoms with E-state index in [2.05, 4.69) is 23.6 Å². The van der Waals surface area contributed by atoms with E-state index in [1.54, 1.807) is 42.3 Å². The van der Waals surface area contributed by atoms with Crippen LogP contribution in [0.2, 0.25) is 5.02 Å². The zero-order valence-corrected chi connectivity index (χ0v) is 22.6. The lowest BCUT2D eigenvalue weighted by atomic mass is 9.95. The van der Waals surface area contributed by atoms with E-state index in [0.717, 1.165) is 37.8 Å². The van der Waals surface area contributed by atoms with Gasteiger partial charge in [0.2, 0.25) is 0 Å². The molecule has 2 amide bonds. The molecule has 0 saturated carbocycles. The quantitative estimate of drug-likeness (QED) is 0.386. The molecule has 0 bridgehead atoms. The van der Waals surface area contributed by atoms with Crippen molar-refractivity contribution in [1.82, 2.24) is 15.5 Å². The zero-order valence-electron chi connectivity index (χ0n) is 21.8. The summed E-state index contributed by atoms with van der Waals surface area (Å²) in [4.78, 5) is 28.5. The molecule has 6 nitrogen and oxygen atoms in total. The Kier molecular flexibility index (Phi) is 9.17. The Morgan fingerprint density at radius 2 is 1.89 bits per heavy atom. The largest absolute Gasteiger partial charge is 0.348 e. The number of amides is 2. The van der Waals surface area contributed by atoms with Crippen LogP contribution in [-0.2, 0) is 6.42 Å². The second-order valence-corrected chi connectivity index (χ2v) is 10.2. The third-order valence-electron chi connectivity index (χ3n) is 7.00. The smallest absolute Gasteiger partial charge is 0.253 e. The Labute approximate surface area is 229 Å². The third kappa shape index (κ3) is 6.61. The van der Waals surface area contributed by atoms with E-state index in [-0.39, 0.29) is 23.9 Å². The zero-order chi connectivity index (χ0) is 27.1. The summed E-state index contributed by atoms with van der Waals surface area (Å²) >= 11 is 6.17. The number of nitrogens with one attached hydrogen (secondary N) is 2. The summed E-state index contributed by atoms with van der Waals surface area (Å²) in [6.45, 7) is 3.52. The Morgan fingerprint density at radius 3 is 2.66 bits per heavy atom. The Hall–Kier alpha value is -3.66. The summed E-state index contributed by atoms with van der Waals surface area (Å²) in [5.74, 6) is -0.388. The minimum absolute atomic E-state index is 0.0667. The van der Waals surface area contributed by atoms with E-state index in [9.17, 15) is 14.9 Å². The van der Waals surface area contributed by atoms with Gasteiger partial charge in [-0.3, -0.25) is 9.59 Å². The fraction of sp³-hybridized carbons (Fsp3) is 0.323. The maximum Gasteiger partial charge on any atom is 0.253 e. The van der Waals surface area contributed by atoms with Gasteiger partial charge in [0.05, 0.1) is 11.6 Å². The average Bonchev–Trinajstić information content (AvgIpc) is 3.36. The summed E-state index contributed by atoms with van der Waals surface area (Å²) in [5.41, 5.74) is 3.78. The first-order chi connectivity index (χ1) is 18.4. The topological polar surface area (TPSA) is 85.2 Å². The molecule has 0 radical (unpaired) electrons. The van der Waals surface area contributed by atoms with Gasteiger partial charge in [-0.05, 0) is 78.9 Å². The molecule has 1 heterocycles. The highest BCUT2D eigenvalue weighted by atomic mass is 35.5. The van der Waals surface area contributed by atoms with Crippen molar-refractivity contribution < 1.29 is 9.59 Å². The van der Waals surface area contributed by atoms with Crippen molar-refractivity contribution in [3.05, 3.63) is 94.0 Å². The van der Waals surface area contributed by atoms with Gasteiger partial charge in [-0.25, -0.2) is 0 Å². The van der Waals surface area contributed by atoms with Crippen molar-refractivity contribution >= 4 is 23.4 Å². The van der Waals surface area contributed by atoms with Gasteiger partial charge in [-0.2, -0.15) is 5.26 Å². The molecule has 196 valence electrons. The predicted octanol–water partition coefficient (Wildman–Crippen LogP) is 5.45. The molecule has 1 unspecified atom stereocenters. The normalized spacial score (nSPS) is 16.6. The van der Waals surface area contributed by atoms with Gasteiger partial charge in [0.1, 0.15) is 0 Å². The number of unbranched alkanes of at least 4 members (excludes halogenated alkanes) is 1. The van der Waals surface area contributed by atoms with E-state index < -0.39 is 0 Å². The van der Waals surface area contributed by atoms with Crippen LogP contribution in [0.3, 0.4) is 0 Å². The van der Waals surface area contributed by atoms with Crippen LogP contribution in [-0.4, -0.2) is 48.9 Å². The van der Waals surface area contributed by atoms with Crippen LogP contribution in [0, 0.1) is 11.3 Å². The lowest BCUT2D eigenvalue weighted by molar-refractivity contribution is 0.0793. The molecule has 1 fully saturated rings. The number of halogens is 1. The van der Waals surface area contributed by atoms with Crippen molar-refractivity contribution in [2.24, 2.45) is 0 Å². The molecule has 1 aliphatic rings. The average molecular weight is 529 g/mol. The van der Waals surface area contributed by atoms with Gasteiger partial charge in [-0.1, -0.05) is 55.3 Å². The molecule has 1 aliphatic heterocycles. The van der Waals surface area contributed by atoms with E-state index in [1.165, 1.54) is 0 Å². The van der Waals surface area contributed by atoms with Crippen LogP contribution in [0.1, 0.15) is 58.0 Å². The number of carbonyl (C=O) groups is 2. The van der Waals surface area contributed by atoms with Gasteiger partial charge in [0.15, 0.2) is 0 Å². The molecule has 0 aromatic heterocycles. The molecule has 3 aromatic rings. The summed E-state index contributed by atoms with van der Waals surface area (Å²) in [6.07, 6.45) is 3.42. The number of carbonyl (C=O) groups excluding carboxylic acids is 2. The summed E-state index contributed by atoms with van der Waals surface area (Å²) in [6, 6.07) is 22.4. The maximum atomic E-state index is 13.6. The van der Waals surface area contributed by atoms with Crippen LogP contribution in [0.15, 0.2) is 66.7 Å². The number of benzene rings is 3. The summed E-state index contributed by atoms with van der Waals surface area (Å²) in [5, 5.41) is 17.0. The first-order valence-electron chi connectivity index (χ1n) is 13.1. The molecular formula is C31H33ClN4O2. The Balaban J connectivity index is 1.62. The van der Waals surface area contributed by atoms with Crippen molar-refractivity contribution in [1.29, 1.82) is 5.26 Å². The number of hydrogen-bond acceptors (Lipinski definition) is 4. The van der Waals surface area contributed by atoms with Crippen molar-refractivity contribution in [2.75, 3.05) is 20.1 Å². The molecule has 2 N–H and O–H groups in total. The first kappa shape index (κ1) is 27.4. The van der Waals surface area contributed by atoms with Gasteiger partial charge in [0.25, 0.3) is 11.8 Å². The predicted molar refractivity (Wildman–Crippen MR) is 151 cm³/mol. The summed E-state index contributed by atoms with van der Waals surface area (Å²) < 4.78 is 0. The van der Waals surface area contributed by atoms with Crippen LogP contribution >= 0.6 is 11.6 Å². The molecule has 0 aliphatic carbocycles. The van der Waals surface area contributed by atoms with Crippen molar-refractivity contribution in [3.8, 4) is 17.2 Å². The van der Waals surface area contributed by atoms with E-state index in [1.807, 2.05) is 36.4 Å². The minimum Gasteiger partial charge on any atom is -0.348 e. The molecule has 0 spiro atoms. The fourth-order valence-electron chi connectivity index (χ4n) is 4.91. The molecular weight excluding hydrogens is 496 g/mol. The van der Waals surface area contributed by atoms with Crippen molar-refractivity contribution in [3.63, 3.8) is 0 Å². The minimum atomic E-state index is -0.239. The molecule has 1 saturated heterocycles. The Morgan fingerprint density at radius 1 is 1.11 bits per heavy atom. The lowest BCUT2D eigenvalue weighted by Crippen LogP contribution is -2.44. The SMILES string of the molecule is CCCCN(C)C(=O)c1cc(C(=O)N[C@@H]2CCNC2Cc2cccc(Cl)c2)cc(-c2ccccc2C#N)c1. The van der Waals surface area contributed by atoms with Gasteiger partial charge in [0, 0.05) is 41.8 Å². The van der Waals surface area contributed by atoms with Gasteiger partial charge < -0.3 is 15.5 Å². The second-order valence-electron chi connectivity index (χ2n) is 9.80. The Bertz CT molecular complexity index is 1350. The summed E-state index contributed by atoms with van der Waals surface area (Å²) in [7, 11) is 1.78. The molecule has 4 rings (SSSR count). The maximum absolute atomic E-state index is 13.6. The number of rotatable bonds is 9. The first-order valence-corrected chi connectivity index (χ1v) is 13.5. The standard InChI is InChI=1S/C31H33ClN4O2/c1-3-4-14-36(2)31(38)25-18-23(27-11-6-5-9-22(27)20-33)17-24(19-25)30(37)35-28-12-13-34-29(28)16-21-8-7-10-26(32)15-21/h5-11,15,17-19,28-29,34H,3-4,12-14,16H2,1-2H3,(H,35,37)/t28-,29?/m1/s1. The third-order valence-corrected chi connectivity index (χ3v) is 7.24. The highest BCUT2D eigenvalue weighted by Gasteiger charge is 2.29. The van der Waals surface area contributed by atoms with Crippen molar-refractivity contribution in [2.45, 2.75) is 44.7 Å². The van der Waals surface area contributed by atoms with Crippen LogP contribution in [0.4, 0.5) is 0 Å². The van der Waals surface area contributed by atoms with E-state index >= 15 is 0 Å². The number of nitriles is 1. The fourth-order valence-corrected chi connectivity index (χ4v) is 5.12. The molecule has 2 atom stereocenters. The number of hydrogen-bond donors (Lipinski definition) is 2. The second kappa shape index (κ2) is 12.7. The molecule has 7 heteroatoms. The monoisotopic (exact) mass is 528 g/mol. The highest BCUT2D eigenvalue weighted by Crippen LogP contribution is 2.27. The van der Waals surface area contributed by atoms with Crippen LogP contribution in [0.25, 0.3) is 11.1 Å². The van der Waals surface area contributed by atoms with Gasteiger partial charge in [-0.15, -0.1) is 0 Å². The van der Waals surface area contributed by atoms with Crippen LogP contribution in [0.5, 0.6) is 0 Å². The van der Waals surface area contributed by atoms with Crippen LogP contribution < -0.4 is 10.6 Å². The number of nitrogens with zero attached hydrogens (tertiary/aromatic N) is 2. The van der Waals surface area contributed by atoms with E-state index in [4.69, 9.17) is 11.6 Å². The lowest BCUT2D eigenvalue weighted by Gasteiger charge is -2.22.